The molecule has 1 amide bonds. The molecule has 6 heteroatoms. The largest absolute Gasteiger partial charge is 0.481 e. The fourth-order valence-electron chi connectivity index (χ4n) is 1.93. The number of aromatic nitrogens is 2. The van der Waals surface area contributed by atoms with Gasteiger partial charge in [-0.1, -0.05) is 20.8 Å². The van der Waals surface area contributed by atoms with Crippen LogP contribution in [0.1, 0.15) is 32.9 Å². The van der Waals surface area contributed by atoms with Crippen LogP contribution in [0.25, 0.3) is 0 Å². The first-order valence-corrected chi connectivity index (χ1v) is 5.88. The number of carboxylic acids is 1. The fraction of sp³-hybridized carbons (Fsp3) is 0.583. The Hall–Kier alpha value is -1.85. The van der Waals surface area contributed by atoms with Gasteiger partial charge in [-0.3, -0.25) is 19.6 Å². The molecule has 0 saturated carbocycles. The molecule has 1 aliphatic rings. The van der Waals surface area contributed by atoms with E-state index in [1.807, 2.05) is 26.8 Å². The molecule has 2 heterocycles. The van der Waals surface area contributed by atoms with Gasteiger partial charge < -0.3 is 5.11 Å². The number of hydrogen-bond donors (Lipinski definition) is 2. The molecule has 2 N–H and O–H groups in total. The number of carboxylic acid groups (broad SMARTS) is 1. The summed E-state index contributed by atoms with van der Waals surface area (Å²) in [6, 6.07) is 1.81. The summed E-state index contributed by atoms with van der Waals surface area (Å²) < 4.78 is 0. The van der Waals surface area contributed by atoms with Crippen LogP contribution in [0.3, 0.4) is 0 Å². The Kier molecular flexibility index (Phi) is 2.88. The van der Waals surface area contributed by atoms with Gasteiger partial charge in [-0.25, -0.2) is 0 Å². The molecule has 18 heavy (non-hydrogen) atoms. The molecule has 2 rings (SSSR count). The lowest BCUT2D eigenvalue weighted by atomic mass is 9.92. The van der Waals surface area contributed by atoms with E-state index < -0.39 is 11.9 Å². The number of rotatable bonds is 2. The van der Waals surface area contributed by atoms with Crippen LogP contribution in [0.2, 0.25) is 0 Å². The second kappa shape index (κ2) is 4.12. The van der Waals surface area contributed by atoms with E-state index in [2.05, 4.69) is 10.2 Å². The molecule has 1 aromatic heterocycles. The molecule has 6 nitrogen and oxygen atoms in total. The van der Waals surface area contributed by atoms with Crippen LogP contribution >= 0.6 is 0 Å². The van der Waals surface area contributed by atoms with Gasteiger partial charge in [0, 0.05) is 30.1 Å². The van der Waals surface area contributed by atoms with Crippen molar-refractivity contribution in [1.82, 2.24) is 10.2 Å². The lowest BCUT2D eigenvalue weighted by molar-refractivity contribution is -0.141. The molecular formula is C12H17N3O3. The van der Waals surface area contributed by atoms with Gasteiger partial charge in [0.05, 0.1) is 5.92 Å². The summed E-state index contributed by atoms with van der Waals surface area (Å²) in [7, 11) is 0. The van der Waals surface area contributed by atoms with E-state index in [9.17, 15) is 9.59 Å². The van der Waals surface area contributed by atoms with E-state index in [-0.39, 0.29) is 24.3 Å². The maximum Gasteiger partial charge on any atom is 0.308 e. The molecule has 0 spiro atoms. The third-order valence-corrected chi connectivity index (χ3v) is 3.12. The number of carbonyl (C=O) groups is 2. The third-order valence-electron chi connectivity index (χ3n) is 3.12. The number of amides is 1. The Balaban J connectivity index is 2.20. The van der Waals surface area contributed by atoms with Crippen molar-refractivity contribution in [1.29, 1.82) is 0 Å². The summed E-state index contributed by atoms with van der Waals surface area (Å²) in [5.74, 6) is -1.24. The molecule has 0 aromatic carbocycles. The Bertz CT molecular complexity index is 487. The third kappa shape index (κ3) is 2.23. The number of nitrogens with zero attached hydrogens (tertiary/aromatic N) is 2. The molecule has 1 unspecified atom stereocenters. The second-order valence-corrected chi connectivity index (χ2v) is 5.63. The van der Waals surface area contributed by atoms with Crippen LogP contribution < -0.4 is 4.90 Å². The first kappa shape index (κ1) is 12.6. The molecular weight excluding hydrogens is 234 g/mol. The zero-order valence-electron chi connectivity index (χ0n) is 10.7. The summed E-state index contributed by atoms with van der Waals surface area (Å²) in [6.45, 7) is 6.31. The smallest absolute Gasteiger partial charge is 0.308 e. The van der Waals surface area contributed by atoms with Gasteiger partial charge in [-0.2, -0.15) is 5.10 Å². The van der Waals surface area contributed by atoms with Crippen LogP contribution in [0.5, 0.6) is 0 Å². The van der Waals surface area contributed by atoms with Crippen molar-refractivity contribution in [3.8, 4) is 0 Å². The monoisotopic (exact) mass is 251 g/mol. The quantitative estimate of drug-likeness (QED) is 0.825. The topological polar surface area (TPSA) is 86.3 Å². The molecule has 0 radical (unpaired) electrons. The highest BCUT2D eigenvalue weighted by molar-refractivity contribution is 5.98. The SMILES string of the molecule is CC(C)(C)c1cc(N2CC(C(=O)O)CC2=O)n[nH]1. The Morgan fingerprint density at radius 2 is 2.22 bits per heavy atom. The number of nitrogens with one attached hydrogen (secondary N) is 1. The Morgan fingerprint density at radius 1 is 1.56 bits per heavy atom. The lowest BCUT2D eigenvalue weighted by Crippen LogP contribution is -2.26. The van der Waals surface area contributed by atoms with E-state index in [4.69, 9.17) is 5.11 Å². The molecule has 0 aliphatic carbocycles. The summed E-state index contributed by atoms with van der Waals surface area (Å²) in [5, 5.41) is 15.9. The molecule has 1 aromatic rings. The van der Waals surface area contributed by atoms with Gasteiger partial charge >= 0.3 is 5.97 Å². The van der Waals surface area contributed by atoms with Gasteiger partial charge in [0.25, 0.3) is 0 Å². The summed E-state index contributed by atoms with van der Waals surface area (Å²) in [5.41, 5.74) is 0.837. The average Bonchev–Trinajstić information content (AvgIpc) is 2.81. The van der Waals surface area contributed by atoms with E-state index >= 15 is 0 Å². The van der Waals surface area contributed by atoms with Crippen molar-refractivity contribution in [2.45, 2.75) is 32.6 Å². The minimum Gasteiger partial charge on any atom is -0.481 e. The first-order valence-electron chi connectivity index (χ1n) is 5.88. The van der Waals surface area contributed by atoms with Gasteiger partial charge in [-0.15, -0.1) is 0 Å². The summed E-state index contributed by atoms with van der Waals surface area (Å²) in [4.78, 5) is 24.1. The predicted molar refractivity (Wildman–Crippen MR) is 65.4 cm³/mol. The van der Waals surface area contributed by atoms with Crippen molar-refractivity contribution in [3.63, 3.8) is 0 Å². The van der Waals surface area contributed by atoms with E-state index in [1.165, 1.54) is 4.90 Å². The summed E-state index contributed by atoms with van der Waals surface area (Å²) >= 11 is 0. The number of anilines is 1. The zero-order chi connectivity index (χ0) is 13.5. The van der Waals surface area contributed by atoms with E-state index in [0.717, 1.165) is 5.69 Å². The molecule has 1 fully saturated rings. The highest BCUT2D eigenvalue weighted by atomic mass is 16.4. The van der Waals surface area contributed by atoms with Crippen molar-refractivity contribution < 1.29 is 14.7 Å². The van der Waals surface area contributed by atoms with Crippen LogP contribution in [0.15, 0.2) is 6.07 Å². The number of hydrogen-bond acceptors (Lipinski definition) is 3. The van der Waals surface area contributed by atoms with Gasteiger partial charge in [0.2, 0.25) is 5.91 Å². The highest BCUT2D eigenvalue weighted by Gasteiger charge is 2.36. The van der Waals surface area contributed by atoms with Crippen LogP contribution in [0, 0.1) is 5.92 Å². The van der Waals surface area contributed by atoms with Crippen molar-refractivity contribution in [2.75, 3.05) is 11.4 Å². The van der Waals surface area contributed by atoms with Crippen LogP contribution in [0.4, 0.5) is 5.82 Å². The van der Waals surface area contributed by atoms with E-state index in [0.29, 0.717) is 5.82 Å². The number of H-pyrrole nitrogens is 1. The number of carbonyl (C=O) groups excluding carboxylic acids is 1. The Labute approximate surface area is 105 Å². The molecule has 0 bridgehead atoms. The van der Waals surface area contributed by atoms with Crippen LogP contribution in [-0.4, -0.2) is 33.7 Å². The first-order chi connectivity index (χ1) is 8.29. The maximum absolute atomic E-state index is 11.8. The molecule has 1 aliphatic heterocycles. The molecule has 1 saturated heterocycles. The van der Waals surface area contributed by atoms with Crippen molar-refractivity contribution >= 4 is 17.7 Å². The highest BCUT2D eigenvalue weighted by Crippen LogP contribution is 2.27. The summed E-state index contributed by atoms with van der Waals surface area (Å²) in [6.07, 6.45) is 0.0487. The Morgan fingerprint density at radius 3 is 2.67 bits per heavy atom. The normalized spacial score (nSPS) is 20.5. The van der Waals surface area contributed by atoms with Gasteiger partial charge in [0.15, 0.2) is 5.82 Å². The number of aromatic amines is 1. The average molecular weight is 251 g/mol. The molecule has 1 atom stereocenters. The van der Waals surface area contributed by atoms with Gasteiger partial charge in [0.1, 0.15) is 0 Å². The van der Waals surface area contributed by atoms with Crippen LogP contribution in [-0.2, 0) is 15.0 Å². The second-order valence-electron chi connectivity index (χ2n) is 5.63. The lowest BCUT2D eigenvalue weighted by Gasteiger charge is -2.15. The minimum absolute atomic E-state index is 0.0487. The predicted octanol–water partition coefficient (Wildman–Crippen LogP) is 1.14. The standard InChI is InChI=1S/C12H17N3O3/c1-12(2,3)8-5-9(14-13-8)15-6-7(11(17)18)4-10(15)16/h5,7H,4,6H2,1-3H3,(H,13,14)(H,17,18). The number of aliphatic carboxylic acids is 1. The van der Waals surface area contributed by atoms with E-state index in [1.54, 1.807) is 0 Å². The van der Waals surface area contributed by atoms with Crippen molar-refractivity contribution in [2.24, 2.45) is 5.92 Å². The van der Waals surface area contributed by atoms with Gasteiger partial charge in [-0.05, 0) is 0 Å². The van der Waals surface area contributed by atoms with Crippen molar-refractivity contribution in [3.05, 3.63) is 11.8 Å². The fourth-order valence-corrected chi connectivity index (χ4v) is 1.93. The molecule has 98 valence electrons. The maximum atomic E-state index is 11.8. The minimum atomic E-state index is -0.933. The zero-order valence-corrected chi connectivity index (χ0v) is 10.7.